The minimum absolute atomic E-state index is 0.0196. The topological polar surface area (TPSA) is 96.3 Å². The lowest BCUT2D eigenvalue weighted by molar-refractivity contribution is -0.140. The maximum Gasteiger partial charge on any atom is 0.295 e. The number of Topliss-reactive ketones (excluding diaryl/α,β-unsaturated/α-hetero) is 1. The molecule has 28 heavy (non-hydrogen) atoms. The van der Waals surface area contributed by atoms with Crippen LogP contribution in [0, 0.1) is 0 Å². The quantitative estimate of drug-likeness (QED) is 0.451. The second-order valence-corrected chi connectivity index (χ2v) is 6.22. The van der Waals surface area contributed by atoms with E-state index in [4.69, 9.17) is 9.47 Å². The molecule has 0 spiro atoms. The van der Waals surface area contributed by atoms with E-state index in [1.165, 1.54) is 19.1 Å². The third-order valence-electron chi connectivity index (χ3n) is 4.68. The molecular formula is C21H21NO6. The van der Waals surface area contributed by atoms with Gasteiger partial charge in [0, 0.05) is 12.1 Å². The SMILES string of the molecule is COc1ccc(/C(O)=C2/C(=O)C(=O)N(CCO)C2c2ccc(OC)cc2)cc1. The minimum Gasteiger partial charge on any atom is -0.507 e. The standard InChI is InChI=1S/C21H21NO6/c1-27-15-7-3-13(4-8-15)18-17(20(25)21(26)22(18)11-12-23)19(24)14-5-9-16(28-2)10-6-14/h3-10,18,23-24H,11-12H2,1-2H3/b19-17-. The van der Waals surface area contributed by atoms with Gasteiger partial charge in [-0.05, 0) is 42.0 Å². The molecule has 2 aromatic rings. The van der Waals surface area contributed by atoms with Crippen molar-refractivity contribution in [3.63, 3.8) is 0 Å². The molecule has 0 aromatic heterocycles. The Hall–Kier alpha value is -3.32. The highest BCUT2D eigenvalue weighted by Crippen LogP contribution is 2.39. The number of carbonyl (C=O) groups excluding carboxylic acids is 2. The zero-order valence-electron chi connectivity index (χ0n) is 15.6. The number of likely N-dealkylation sites (tertiary alicyclic amines) is 1. The van der Waals surface area contributed by atoms with Crippen LogP contribution in [-0.2, 0) is 9.59 Å². The van der Waals surface area contributed by atoms with Crippen molar-refractivity contribution in [2.45, 2.75) is 6.04 Å². The first kappa shape index (κ1) is 19.4. The monoisotopic (exact) mass is 383 g/mol. The van der Waals surface area contributed by atoms with E-state index in [1.807, 2.05) is 0 Å². The summed E-state index contributed by atoms with van der Waals surface area (Å²) in [5.74, 6) is -0.600. The molecule has 1 aliphatic heterocycles. The molecule has 1 heterocycles. The fraction of sp³-hybridized carbons (Fsp3) is 0.238. The number of β-amino-alcohol motifs (C(OH)–C–C–N with tert-alkyl or cyclic N) is 1. The minimum atomic E-state index is -0.805. The first-order chi connectivity index (χ1) is 13.5. The Morgan fingerprint density at radius 2 is 1.50 bits per heavy atom. The molecule has 1 saturated heterocycles. The molecule has 3 rings (SSSR count). The van der Waals surface area contributed by atoms with Crippen molar-refractivity contribution in [2.75, 3.05) is 27.4 Å². The molecule has 146 valence electrons. The van der Waals surface area contributed by atoms with Gasteiger partial charge in [-0.2, -0.15) is 0 Å². The van der Waals surface area contributed by atoms with E-state index >= 15 is 0 Å². The zero-order chi connectivity index (χ0) is 20.3. The Bertz CT molecular complexity index is 901. The van der Waals surface area contributed by atoms with Gasteiger partial charge in [0.15, 0.2) is 0 Å². The highest BCUT2D eigenvalue weighted by molar-refractivity contribution is 6.46. The first-order valence-corrected chi connectivity index (χ1v) is 8.69. The Morgan fingerprint density at radius 3 is 2.00 bits per heavy atom. The number of ether oxygens (including phenoxy) is 2. The van der Waals surface area contributed by atoms with E-state index in [9.17, 15) is 19.8 Å². The summed E-state index contributed by atoms with van der Waals surface area (Å²) in [5, 5.41) is 20.2. The maximum absolute atomic E-state index is 12.7. The zero-order valence-corrected chi connectivity index (χ0v) is 15.6. The van der Waals surface area contributed by atoms with Gasteiger partial charge in [-0.1, -0.05) is 12.1 Å². The number of hydrogen-bond donors (Lipinski definition) is 2. The molecule has 2 N–H and O–H groups in total. The van der Waals surface area contributed by atoms with E-state index < -0.39 is 17.7 Å². The summed E-state index contributed by atoms with van der Waals surface area (Å²) in [6, 6.07) is 12.6. The van der Waals surface area contributed by atoms with Crippen molar-refractivity contribution in [3.8, 4) is 11.5 Å². The third-order valence-corrected chi connectivity index (χ3v) is 4.68. The predicted molar refractivity (Wildman–Crippen MR) is 102 cm³/mol. The number of ketones is 1. The van der Waals surface area contributed by atoms with Crippen LogP contribution in [0.4, 0.5) is 0 Å². The van der Waals surface area contributed by atoms with E-state index in [2.05, 4.69) is 0 Å². The Kier molecular flexibility index (Phi) is 5.65. The molecule has 1 fully saturated rings. The number of aliphatic hydroxyl groups is 2. The van der Waals surface area contributed by atoms with Crippen molar-refractivity contribution in [1.82, 2.24) is 4.90 Å². The molecule has 0 saturated carbocycles. The number of hydrogen-bond acceptors (Lipinski definition) is 6. The van der Waals surface area contributed by atoms with Crippen molar-refractivity contribution < 1.29 is 29.3 Å². The number of aliphatic hydroxyl groups excluding tert-OH is 2. The van der Waals surface area contributed by atoms with Crippen molar-refractivity contribution in [3.05, 3.63) is 65.2 Å². The smallest absolute Gasteiger partial charge is 0.295 e. The number of rotatable bonds is 6. The fourth-order valence-corrected chi connectivity index (χ4v) is 3.26. The van der Waals surface area contributed by atoms with Gasteiger partial charge in [0.1, 0.15) is 17.3 Å². The van der Waals surface area contributed by atoms with Gasteiger partial charge in [0.05, 0.1) is 32.4 Å². The van der Waals surface area contributed by atoms with E-state index in [0.717, 1.165) is 0 Å². The van der Waals surface area contributed by atoms with Gasteiger partial charge in [-0.15, -0.1) is 0 Å². The van der Waals surface area contributed by atoms with Gasteiger partial charge in [0.25, 0.3) is 11.7 Å². The van der Waals surface area contributed by atoms with Crippen molar-refractivity contribution in [1.29, 1.82) is 0 Å². The summed E-state index contributed by atoms with van der Waals surface area (Å²) in [7, 11) is 3.06. The maximum atomic E-state index is 12.7. The predicted octanol–water partition coefficient (Wildman–Crippen LogP) is 2.12. The van der Waals surface area contributed by atoms with E-state index in [1.54, 1.807) is 48.5 Å². The number of nitrogens with zero attached hydrogens (tertiary/aromatic N) is 1. The molecule has 1 unspecified atom stereocenters. The highest BCUT2D eigenvalue weighted by Gasteiger charge is 2.45. The average molecular weight is 383 g/mol. The molecule has 1 atom stereocenters. The lowest BCUT2D eigenvalue weighted by atomic mass is 9.95. The molecule has 2 aromatic carbocycles. The fourth-order valence-electron chi connectivity index (χ4n) is 3.26. The molecule has 1 aliphatic rings. The van der Waals surface area contributed by atoms with Crippen LogP contribution in [-0.4, -0.2) is 54.2 Å². The van der Waals surface area contributed by atoms with Crippen LogP contribution in [0.1, 0.15) is 17.2 Å². The van der Waals surface area contributed by atoms with Crippen LogP contribution in [0.2, 0.25) is 0 Å². The average Bonchev–Trinajstić information content (AvgIpc) is 2.98. The summed E-state index contributed by atoms with van der Waals surface area (Å²) >= 11 is 0. The second kappa shape index (κ2) is 8.14. The number of benzene rings is 2. The molecular weight excluding hydrogens is 362 g/mol. The first-order valence-electron chi connectivity index (χ1n) is 8.69. The van der Waals surface area contributed by atoms with Crippen LogP contribution < -0.4 is 9.47 Å². The largest absolute Gasteiger partial charge is 0.507 e. The Balaban J connectivity index is 2.13. The summed E-state index contributed by atoms with van der Waals surface area (Å²) < 4.78 is 10.3. The van der Waals surface area contributed by atoms with E-state index in [0.29, 0.717) is 22.6 Å². The van der Waals surface area contributed by atoms with Gasteiger partial charge in [-0.25, -0.2) is 0 Å². The van der Waals surface area contributed by atoms with Crippen LogP contribution >= 0.6 is 0 Å². The van der Waals surface area contributed by atoms with Crippen LogP contribution in [0.25, 0.3) is 5.76 Å². The molecule has 7 nitrogen and oxygen atoms in total. The Labute approximate surface area is 162 Å². The van der Waals surface area contributed by atoms with Crippen molar-refractivity contribution >= 4 is 17.4 Å². The van der Waals surface area contributed by atoms with Crippen LogP contribution in [0.5, 0.6) is 11.5 Å². The molecule has 0 radical (unpaired) electrons. The molecule has 1 amide bonds. The van der Waals surface area contributed by atoms with E-state index in [-0.39, 0.29) is 24.5 Å². The summed E-state index contributed by atoms with van der Waals surface area (Å²) in [6.45, 7) is -0.330. The normalized spacial score (nSPS) is 18.4. The summed E-state index contributed by atoms with van der Waals surface area (Å²) in [4.78, 5) is 26.5. The second-order valence-electron chi connectivity index (χ2n) is 6.22. The number of amides is 1. The van der Waals surface area contributed by atoms with Gasteiger partial charge < -0.3 is 24.6 Å². The summed E-state index contributed by atoms with van der Waals surface area (Å²) in [6.07, 6.45) is 0. The third kappa shape index (κ3) is 3.44. The summed E-state index contributed by atoms with van der Waals surface area (Å²) in [5.41, 5.74) is 0.999. The lowest BCUT2D eigenvalue weighted by Gasteiger charge is -2.24. The van der Waals surface area contributed by atoms with Crippen LogP contribution in [0.3, 0.4) is 0 Å². The van der Waals surface area contributed by atoms with Crippen LogP contribution in [0.15, 0.2) is 54.1 Å². The van der Waals surface area contributed by atoms with Gasteiger partial charge in [-0.3, -0.25) is 9.59 Å². The lowest BCUT2D eigenvalue weighted by Crippen LogP contribution is -2.32. The van der Waals surface area contributed by atoms with Crippen molar-refractivity contribution in [2.24, 2.45) is 0 Å². The highest BCUT2D eigenvalue weighted by atomic mass is 16.5. The van der Waals surface area contributed by atoms with Gasteiger partial charge in [0.2, 0.25) is 0 Å². The molecule has 0 aliphatic carbocycles. The molecule has 7 heteroatoms. The number of carbonyl (C=O) groups is 2. The number of methoxy groups -OCH3 is 2. The molecule has 0 bridgehead atoms. The Morgan fingerprint density at radius 1 is 0.964 bits per heavy atom. The van der Waals surface area contributed by atoms with Gasteiger partial charge >= 0.3 is 0 Å².